The molecule has 1 aliphatic rings. The third kappa shape index (κ3) is 3.95. The molecular formula is C17H29N3O. The first-order chi connectivity index (χ1) is 10.2. The molecule has 1 aromatic heterocycles. The first-order valence-corrected chi connectivity index (χ1v) is 8.32. The molecule has 2 rings (SSSR count). The lowest BCUT2D eigenvalue weighted by atomic mass is 9.80. The summed E-state index contributed by atoms with van der Waals surface area (Å²) in [6.07, 6.45) is 9.31. The lowest BCUT2D eigenvalue weighted by Crippen LogP contribution is -2.56. The molecule has 0 amide bonds. The van der Waals surface area contributed by atoms with Crippen molar-refractivity contribution in [1.82, 2.24) is 9.47 Å². The maximum Gasteiger partial charge on any atom is 0.250 e. The summed E-state index contributed by atoms with van der Waals surface area (Å²) < 4.78 is 1.80. The van der Waals surface area contributed by atoms with Crippen LogP contribution in [0.15, 0.2) is 29.2 Å². The van der Waals surface area contributed by atoms with E-state index in [2.05, 4.69) is 11.8 Å². The Balaban J connectivity index is 2.07. The Kier molecular flexibility index (Phi) is 6.00. The second kappa shape index (κ2) is 7.76. The highest BCUT2D eigenvalue weighted by molar-refractivity contribution is 4.96. The topological polar surface area (TPSA) is 51.3 Å². The quantitative estimate of drug-likeness (QED) is 0.838. The van der Waals surface area contributed by atoms with E-state index in [0.717, 1.165) is 32.6 Å². The highest BCUT2D eigenvalue weighted by Gasteiger charge is 2.35. The minimum Gasteiger partial charge on any atom is -0.329 e. The van der Waals surface area contributed by atoms with Crippen LogP contribution in [0.3, 0.4) is 0 Å². The molecule has 0 spiro atoms. The van der Waals surface area contributed by atoms with Gasteiger partial charge in [0.25, 0.3) is 5.56 Å². The molecule has 0 unspecified atom stereocenters. The van der Waals surface area contributed by atoms with E-state index in [1.54, 1.807) is 16.7 Å². The van der Waals surface area contributed by atoms with Gasteiger partial charge in [0, 0.05) is 37.4 Å². The third-order valence-corrected chi connectivity index (χ3v) is 4.84. The van der Waals surface area contributed by atoms with Gasteiger partial charge in [-0.05, 0) is 31.9 Å². The molecule has 4 nitrogen and oxygen atoms in total. The summed E-state index contributed by atoms with van der Waals surface area (Å²) in [4.78, 5) is 14.4. The summed E-state index contributed by atoms with van der Waals surface area (Å²) in [6, 6.07) is 5.35. The van der Waals surface area contributed by atoms with Crippen LogP contribution in [0.2, 0.25) is 0 Å². The van der Waals surface area contributed by atoms with Crippen molar-refractivity contribution in [2.75, 3.05) is 19.6 Å². The van der Waals surface area contributed by atoms with Crippen molar-refractivity contribution in [3.8, 4) is 0 Å². The summed E-state index contributed by atoms with van der Waals surface area (Å²) in [5.74, 6) is 0. The molecule has 0 radical (unpaired) electrons. The summed E-state index contributed by atoms with van der Waals surface area (Å²) in [7, 11) is 0. The highest BCUT2D eigenvalue weighted by atomic mass is 16.1. The van der Waals surface area contributed by atoms with Gasteiger partial charge in [-0.1, -0.05) is 32.3 Å². The van der Waals surface area contributed by atoms with E-state index in [4.69, 9.17) is 5.73 Å². The van der Waals surface area contributed by atoms with Gasteiger partial charge in [0.1, 0.15) is 0 Å². The summed E-state index contributed by atoms with van der Waals surface area (Å²) >= 11 is 0. The van der Waals surface area contributed by atoms with Gasteiger partial charge in [-0.15, -0.1) is 0 Å². The monoisotopic (exact) mass is 291 g/mol. The van der Waals surface area contributed by atoms with Crippen molar-refractivity contribution in [2.24, 2.45) is 5.73 Å². The predicted octanol–water partition coefficient (Wildman–Crippen LogP) is 2.22. The van der Waals surface area contributed by atoms with Crippen LogP contribution in [0.5, 0.6) is 0 Å². The van der Waals surface area contributed by atoms with Gasteiger partial charge in [-0.2, -0.15) is 0 Å². The lowest BCUT2D eigenvalue weighted by Gasteiger charge is -2.46. The van der Waals surface area contributed by atoms with Crippen LogP contribution in [0.4, 0.5) is 0 Å². The second-order valence-electron chi connectivity index (χ2n) is 6.21. The van der Waals surface area contributed by atoms with Gasteiger partial charge in [0.05, 0.1) is 0 Å². The van der Waals surface area contributed by atoms with Crippen molar-refractivity contribution in [2.45, 2.75) is 57.5 Å². The largest absolute Gasteiger partial charge is 0.329 e. The summed E-state index contributed by atoms with van der Waals surface area (Å²) in [6.45, 7) is 5.68. The van der Waals surface area contributed by atoms with E-state index in [-0.39, 0.29) is 11.1 Å². The van der Waals surface area contributed by atoms with Crippen LogP contribution in [0.25, 0.3) is 0 Å². The van der Waals surface area contributed by atoms with Gasteiger partial charge in [-0.3, -0.25) is 9.69 Å². The molecule has 0 bridgehead atoms. The van der Waals surface area contributed by atoms with Crippen molar-refractivity contribution < 1.29 is 0 Å². The van der Waals surface area contributed by atoms with E-state index in [1.165, 1.54) is 32.1 Å². The molecule has 1 saturated carbocycles. The maximum atomic E-state index is 11.8. The van der Waals surface area contributed by atoms with Crippen LogP contribution < -0.4 is 11.3 Å². The first kappa shape index (κ1) is 16.2. The van der Waals surface area contributed by atoms with Gasteiger partial charge in [-0.25, -0.2) is 0 Å². The van der Waals surface area contributed by atoms with Gasteiger partial charge in [0.15, 0.2) is 0 Å². The van der Waals surface area contributed by atoms with Crippen molar-refractivity contribution in [1.29, 1.82) is 0 Å². The van der Waals surface area contributed by atoms with E-state index < -0.39 is 0 Å². The second-order valence-corrected chi connectivity index (χ2v) is 6.21. The van der Waals surface area contributed by atoms with Gasteiger partial charge >= 0.3 is 0 Å². The number of hydrogen-bond acceptors (Lipinski definition) is 3. The predicted molar refractivity (Wildman–Crippen MR) is 87.4 cm³/mol. The molecule has 1 heterocycles. The fourth-order valence-corrected chi connectivity index (χ4v) is 3.59. The maximum absolute atomic E-state index is 11.8. The average molecular weight is 291 g/mol. The standard InChI is InChI=1S/C17H29N3O/c1-2-11-20(17(15-18)9-5-3-6-10-17)14-13-19-12-7-4-8-16(19)21/h4,7-8,12H,2-3,5-6,9-11,13-15,18H2,1H3. The fourth-order valence-electron chi connectivity index (χ4n) is 3.59. The van der Waals surface area contributed by atoms with E-state index >= 15 is 0 Å². The normalized spacial score (nSPS) is 18.0. The first-order valence-electron chi connectivity index (χ1n) is 8.32. The molecule has 0 saturated heterocycles. The van der Waals surface area contributed by atoms with Crippen molar-refractivity contribution in [3.05, 3.63) is 34.7 Å². The Labute approximate surface area is 127 Å². The minimum absolute atomic E-state index is 0.0828. The van der Waals surface area contributed by atoms with Crippen LogP contribution >= 0.6 is 0 Å². The number of nitrogens with two attached hydrogens (primary N) is 1. The number of nitrogens with zero attached hydrogens (tertiary/aromatic N) is 2. The van der Waals surface area contributed by atoms with Gasteiger partial charge in [0.2, 0.25) is 0 Å². The van der Waals surface area contributed by atoms with Crippen LogP contribution in [0.1, 0.15) is 45.4 Å². The smallest absolute Gasteiger partial charge is 0.250 e. The molecule has 0 atom stereocenters. The summed E-state index contributed by atoms with van der Waals surface area (Å²) in [5.41, 5.74) is 6.40. The molecule has 0 aromatic carbocycles. The fraction of sp³-hybridized carbons (Fsp3) is 0.706. The van der Waals surface area contributed by atoms with Crippen molar-refractivity contribution >= 4 is 0 Å². The zero-order valence-electron chi connectivity index (χ0n) is 13.3. The Morgan fingerprint density at radius 2 is 2.00 bits per heavy atom. The van der Waals surface area contributed by atoms with Crippen LogP contribution in [-0.4, -0.2) is 34.6 Å². The van der Waals surface area contributed by atoms with Crippen LogP contribution in [-0.2, 0) is 6.54 Å². The third-order valence-electron chi connectivity index (χ3n) is 4.84. The molecule has 2 N–H and O–H groups in total. The molecule has 4 heteroatoms. The van der Waals surface area contributed by atoms with Crippen molar-refractivity contribution in [3.63, 3.8) is 0 Å². The Morgan fingerprint density at radius 1 is 1.24 bits per heavy atom. The molecular weight excluding hydrogens is 262 g/mol. The lowest BCUT2D eigenvalue weighted by molar-refractivity contribution is 0.0532. The Hall–Kier alpha value is -1.13. The Morgan fingerprint density at radius 3 is 2.62 bits per heavy atom. The molecule has 1 fully saturated rings. The van der Waals surface area contributed by atoms with E-state index in [0.29, 0.717) is 0 Å². The van der Waals surface area contributed by atoms with E-state index in [9.17, 15) is 4.79 Å². The molecule has 21 heavy (non-hydrogen) atoms. The summed E-state index contributed by atoms with van der Waals surface area (Å²) in [5, 5.41) is 0. The molecule has 0 aliphatic heterocycles. The van der Waals surface area contributed by atoms with Crippen LogP contribution in [0, 0.1) is 0 Å². The Bertz CT molecular complexity index is 477. The molecule has 1 aliphatic carbocycles. The zero-order valence-corrected chi connectivity index (χ0v) is 13.3. The number of rotatable bonds is 7. The number of aromatic nitrogens is 1. The van der Waals surface area contributed by atoms with Gasteiger partial charge < -0.3 is 10.3 Å². The molecule has 1 aromatic rings. The minimum atomic E-state index is 0.0828. The zero-order chi connectivity index (χ0) is 15.1. The molecule has 118 valence electrons. The number of hydrogen-bond donors (Lipinski definition) is 1. The number of pyridine rings is 1. The SMILES string of the molecule is CCCN(CCn1ccccc1=O)C1(CN)CCCCC1. The van der Waals surface area contributed by atoms with E-state index in [1.807, 2.05) is 12.3 Å². The highest BCUT2D eigenvalue weighted by Crippen LogP contribution is 2.33. The average Bonchev–Trinajstić information content (AvgIpc) is 2.53.